The van der Waals surface area contributed by atoms with Crippen LogP contribution in [0.25, 0.3) is 0 Å². The minimum Gasteiger partial charge on any atom is -0.352 e. The van der Waals surface area contributed by atoms with Crippen molar-refractivity contribution in [3.8, 4) is 0 Å². The Morgan fingerprint density at radius 2 is 2.00 bits per heavy atom. The Hall–Kier alpha value is -0.840. The first-order valence-corrected chi connectivity index (χ1v) is 5.20. The lowest BCUT2D eigenvalue weighted by Crippen LogP contribution is -2.26. The molecule has 1 aromatic heterocycles. The zero-order chi connectivity index (χ0) is 11.3. The molecule has 1 rings (SSSR count). The lowest BCUT2D eigenvalue weighted by molar-refractivity contribution is 0.0953. The Morgan fingerprint density at radius 3 is 2.53 bits per heavy atom. The number of hydrogen-bond donors (Lipinski definition) is 2. The SMILES string of the molecule is NCCCNC(=O)c1cc(Cl)nc(Cl)c1. The molecule has 0 bridgehead atoms. The fourth-order valence-corrected chi connectivity index (χ4v) is 1.46. The second kappa shape index (κ2) is 5.90. The summed E-state index contributed by atoms with van der Waals surface area (Å²) in [5, 5.41) is 3.09. The lowest BCUT2D eigenvalue weighted by atomic mass is 10.2. The predicted molar refractivity (Wildman–Crippen MR) is 60.3 cm³/mol. The Morgan fingerprint density at radius 1 is 1.40 bits per heavy atom. The van der Waals surface area contributed by atoms with Crippen molar-refractivity contribution in [2.45, 2.75) is 6.42 Å². The Bertz CT molecular complexity index is 337. The highest BCUT2D eigenvalue weighted by molar-refractivity contribution is 6.33. The minimum absolute atomic E-state index is 0.200. The molecule has 1 aromatic rings. The van der Waals surface area contributed by atoms with Crippen LogP contribution in [0.1, 0.15) is 16.8 Å². The number of nitrogens with two attached hydrogens (primary N) is 1. The molecular weight excluding hydrogens is 237 g/mol. The molecule has 0 aliphatic heterocycles. The molecule has 0 unspecified atom stereocenters. The molecule has 6 heteroatoms. The van der Waals surface area contributed by atoms with Gasteiger partial charge < -0.3 is 11.1 Å². The number of carbonyl (C=O) groups is 1. The molecule has 0 aliphatic carbocycles. The van der Waals surface area contributed by atoms with Gasteiger partial charge in [-0.1, -0.05) is 23.2 Å². The van der Waals surface area contributed by atoms with E-state index in [2.05, 4.69) is 10.3 Å². The number of aromatic nitrogens is 1. The van der Waals surface area contributed by atoms with Crippen molar-refractivity contribution >= 4 is 29.1 Å². The van der Waals surface area contributed by atoms with Gasteiger partial charge in [-0.15, -0.1) is 0 Å². The molecule has 0 spiro atoms. The second-order valence-electron chi connectivity index (χ2n) is 2.90. The summed E-state index contributed by atoms with van der Waals surface area (Å²) >= 11 is 11.3. The smallest absolute Gasteiger partial charge is 0.251 e. The monoisotopic (exact) mass is 247 g/mol. The van der Waals surface area contributed by atoms with Crippen molar-refractivity contribution in [2.24, 2.45) is 5.73 Å². The van der Waals surface area contributed by atoms with E-state index in [1.165, 1.54) is 12.1 Å². The van der Waals surface area contributed by atoms with Crippen molar-refractivity contribution in [1.29, 1.82) is 0 Å². The zero-order valence-corrected chi connectivity index (χ0v) is 9.48. The van der Waals surface area contributed by atoms with Crippen LogP contribution in [0.5, 0.6) is 0 Å². The highest BCUT2D eigenvalue weighted by atomic mass is 35.5. The van der Waals surface area contributed by atoms with E-state index >= 15 is 0 Å². The van der Waals surface area contributed by atoms with E-state index in [1.807, 2.05) is 0 Å². The first-order chi connectivity index (χ1) is 7.13. The third kappa shape index (κ3) is 4.03. The first kappa shape index (κ1) is 12.2. The molecule has 82 valence electrons. The van der Waals surface area contributed by atoms with Crippen LogP contribution in [-0.4, -0.2) is 24.0 Å². The highest BCUT2D eigenvalue weighted by Gasteiger charge is 2.07. The summed E-state index contributed by atoms with van der Waals surface area (Å²) in [6.07, 6.45) is 0.734. The van der Waals surface area contributed by atoms with Crippen LogP contribution in [0.15, 0.2) is 12.1 Å². The molecule has 0 radical (unpaired) electrons. The van der Waals surface area contributed by atoms with Gasteiger partial charge in [-0.2, -0.15) is 0 Å². The third-order valence-electron chi connectivity index (χ3n) is 1.69. The maximum Gasteiger partial charge on any atom is 0.251 e. The molecule has 0 fully saturated rings. The van der Waals surface area contributed by atoms with Gasteiger partial charge >= 0.3 is 0 Å². The van der Waals surface area contributed by atoms with Gasteiger partial charge in [-0.05, 0) is 25.1 Å². The van der Waals surface area contributed by atoms with Crippen molar-refractivity contribution in [1.82, 2.24) is 10.3 Å². The van der Waals surface area contributed by atoms with E-state index < -0.39 is 0 Å². The van der Waals surface area contributed by atoms with Crippen LogP contribution in [0.2, 0.25) is 10.3 Å². The molecule has 1 heterocycles. The topological polar surface area (TPSA) is 68.0 Å². The standard InChI is InChI=1S/C9H11Cl2N3O/c10-7-4-6(5-8(11)14-7)9(15)13-3-1-2-12/h4-5H,1-3,12H2,(H,13,15). The van der Waals surface area contributed by atoms with Crippen molar-refractivity contribution < 1.29 is 4.79 Å². The average molecular weight is 248 g/mol. The van der Waals surface area contributed by atoms with Crippen molar-refractivity contribution in [3.05, 3.63) is 28.0 Å². The molecule has 0 aromatic carbocycles. The van der Waals surface area contributed by atoms with Crippen LogP contribution >= 0.6 is 23.2 Å². The summed E-state index contributed by atoms with van der Waals surface area (Å²) in [6.45, 7) is 1.07. The fraction of sp³-hybridized carbons (Fsp3) is 0.333. The highest BCUT2D eigenvalue weighted by Crippen LogP contribution is 2.14. The molecule has 3 N–H and O–H groups in total. The number of carbonyl (C=O) groups excluding carboxylic acids is 1. The van der Waals surface area contributed by atoms with E-state index in [0.717, 1.165) is 6.42 Å². The van der Waals surface area contributed by atoms with Gasteiger partial charge in [-0.25, -0.2) is 4.98 Å². The van der Waals surface area contributed by atoms with E-state index in [1.54, 1.807) is 0 Å². The molecule has 1 amide bonds. The number of nitrogens with one attached hydrogen (secondary N) is 1. The summed E-state index contributed by atoms with van der Waals surface area (Å²) in [5.41, 5.74) is 5.70. The summed E-state index contributed by atoms with van der Waals surface area (Å²) in [7, 11) is 0. The van der Waals surface area contributed by atoms with Gasteiger partial charge in [-0.3, -0.25) is 4.79 Å². The maximum atomic E-state index is 11.5. The van der Waals surface area contributed by atoms with Crippen LogP contribution in [0, 0.1) is 0 Å². The summed E-state index contributed by atoms with van der Waals surface area (Å²) in [5.74, 6) is -0.227. The van der Waals surface area contributed by atoms with Crippen LogP contribution in [0.4, 0.5) is 0 Å². The third-order valence-corrected chi connectivity index (χ3v) is 2.08. The molecule has 15 heavy (non-hydrogen) atoms. The summed E-state index contributed by atoms with van der Waals surface area (Å²) in [4.78, 5) is 15.3. The maximum absolute atomic E-state index is 11.5. The molecular formula is C9H11Cl2N3O. The van der Waals surface area contributed by atoms with Gasteiger partial charge in [0.1, 0.15) is 10.3 Å². The Kier molecular flexibility index (Phi) is 4.81. The van der Waals surface area contributed by atoms with E-state index in [-0.39, 0.29) is 16.2 Å². The minimum atomic E-state index is -0.227. The predicted octanol–water partition coefficient (Wildman–Crippen LogP) is 1.47. The van der Waals surface area contributed by atoms with Gasteiger partial charge in [0.25, 0.3) is 5.91 Å². The molecule has 0 saturated heterocycles. The number of hydrogen-bond acceptors (Lipinski definition) is 3. The second-order valence-corrected chi connectivity index (χ2v) is 3.67. The van der Waals surface area contributed by atoms with Crippen molar-refractivity contribution in [2.75, 3.05) is 13.1 Å². The summed E-state index contributed by atoms with van der Waals surface area (Å²) in [6, 6.07) is 2.93. The van der Waals surface area contributed by atoms with Gasteiger partial charge in [0.05, 0.1) is 0 Å². The van der Waals surface area contributed by atoms with Crippen LogP contribution in [0.3, 0.4) is 0 Å². The Labute approximate surface area is 97.8 Å². The molecule has 0 atom stereocenters. The number of amides is 1. The Balaban J connectivity index is 2.65. The normalized spacial score (nSPS) is 10.1. The average Bonchev–Trinajstić information content (AvgIpc) is 2.16. The zero-order valence-electron chi connectivity index (χ0n) is 7.96. The van der Waals surface area contributed by atoms with Crippen molar-refractivity contribution in [3.63, 3.8) is 0 Å². The fourth-order valence-electron chi connectivity index (χ4n) is 1.00. The molecule has 0 saturated carbocycles. The van der Waals surface area contributed by atoms with Gasteiger partial charge in [0.15, 0.2) is 0 Å². The first-order valence-electron chi connectivity index (χ1n) is 4.45. The van der Waals surface area contributed by atoms with E-state index in [9.17, 15) is 4.79 Å². The number of halogens is 2. The summed E-state index contributed by atoms with van der Waals surface area (Å²) < 4.78 is 0. The van der Waals surface area contributed by atoms with Gasteiger partial charge in [0.2, 0.25) is 0 Å². The van der Waals surface area contributed by atoms with E-state index in [0.29, 0.717) is 18.7 Å². The number of nitrogens with zero attached hydrogens (tertiary/aromatic N) is 1. The quantitative estimate of drug-likeness (QED) is 0.626. The number of rotatable bonds is 4. The van der Waals surface area contributed by atoms with Gasteiger partial charge in [0, 0.05) is 12.1 Å². The molecule has 0 aliphatic rings. The largest absolute Gasteiger partial charge is 0.352 e. The van der Waals surface area contributed by atoms with E-state index in [4.69, 9.17) is 28.9 Å². The number of pyridine rings is 1. The van der Waals surface area contributed by atoms with Crippen LogP contribution in [-0.2, 0) is 0 Å². The molecule has 4 nitrogen and oxygen atoms in total. The lowest BCUT2D eigenvalue weighted by Gasteiger charge is -2.04. The van der Waals surface area contributed by atoms with Crippen LogP contribution < -0.4 is 11.1 Å².